The number of benzene rings is 3. The summed E-state index contributed by atoms with van der Waals surface area (Å²) in [5.74, 6) is 7.03. The Morgan fingerprint density at radius 3 is 1.15 bits per heavy atom. The number of fused-ring (bicyclic) bond motifs is 3. The molecule has 6 saturated heterocycles. The highest BCUT2D eigenvalue weighted by atomic mass is 35.5. The maximum absolute atomic E-state index is 12.5. The van der Waals surface area contributed by atoms with Crippen LogP contribution in [0.1, 0.15) is 74.9 Å². The van der Waals surface area contributed by atoms with Crippen molar-refractivity contribution in [1.29, 1.82) is 0 Å². The first-order valence-corrected chi connectivity index (χ1v) is 33.9. The predicted octanol–water partition coefficient (Wildman–Crippen LogP) is 10.4. The lowest BCUT2D eigenvalue weighted by Crippen LogP contribution is -2.46. The molecule has 97 heavy (non-hydrogen) atoms. The van der Waals surface area contributed by atoms with E-state index in [4.69, 9.17) is 44.4 Å². The second kappa shape index (κ2) is 31.4. The highest BCUT2D eigenvalue weighted by Gasteiger charge is 2.37. The van der Waals surface area contributed by atoms with Crippen molar-refractivity contribution < 1.29 is 28.6 Å². The molecule has 0 saturated carbocycles. The summed E-state index contributed by atoms with van der Waals surface area (Å²) in [7, 11) is 2.65. The molecule has 3 aromatic carbocycles. The van der Waals surface area contributed by atoms with Crippen molar-refractivity contribution in [2.24, 2.45) is 0 Å². The Hall–Kier alpha value is -9.81. The molecule has 0 atom stereocenters. The number of hydrogen-bond donors (Lipinski definition) is 1. The van der Waals surface area contributed by atoms with Crippen molar-refractivity contribution in [2.75, 3.05) is 161 Å². The molecule has 2 amide bonds. The number of anilines is 6. The van der Waals surface area contributed by atoms with Crippen LogP contribution >= 0.6 is 11.6 Å². The van der Waals surface area contributed by atoms with Gasteiger partial charge in [0.05, 0.1) is 47.9 Å². The van der Waals surface area contributed by atoms with Gasteiger partial charge in [-0.05, 0) is 101 Å². The zero-order valence-corrected chi connectivity index (χ0v) is 56.6. The van der Waals surface area contributed by atoms with E-state index in [0.717, 1.165) is 184 Å². The lowest BCUT2D eigenvalue weighted by molar-refractivity contribution is 0.0263. The Kier molecular flexibility index (Phi) is 21.7. The summed E-state index contributed by atoms with van der Waals surface area (Å²) < 4.78 is 14.3. The second-order valence-corrected chi connectivity index (χ2v) is 26.1. The first kappa shape index (κ1) is 67.2. The number of aromatic nitrogens is 9. The molecule has 0 unspecified atom stereocenters. The highest BCUT2D eigenvalue weighted by Crippen LogP contribution is 2.38. The Bertz CT molecular complexity index is 4140. The van der Waals surface area contributed by atoms with Gasteiger partial charge in [0.25, 0.3) is 0 Å². The van der Waals surface area contributed by atoms with Gasteiger partial charge in [0, 0.05) is 194 Å². The molecule has 0 aliphatic carbocycles. The van der Waals surface area contributed by atoms with Crippen molar-refractivity contribution in [3.8, 4) is 0 Å². The van der Waals surface area contributed by atoms with E-state index in [-0.39, 0.29) is 12.2 Å². The third kappa shape index (κ3) is 16.7. The number of rotatable bonds is 9. The first-order chi connectivity index (χ1) is 47.2. The van der Waals surface area contributed by atoms with Gasteiger partial charge in [-0.1, -0.05) is 54.6 Å². The Morgan fingerprint density at radius 1 is 0.412 bits per heavy atom. The number of pyridine rings is 3. The smallest absolute Gasteiger partial charge is 0.410 e. The SMILES string of the molecule is CC(C)(C)OC(=O)N1CCCN(c2nccnc2C2CN(c3ccc4ccccc4n3)C2)CC1.COC(=O)Cl.COC(=O)N1CCCN(c2nccnc2C2CN(c3ccc4ccccc4n3)C2)CC1.c1ccc2nc(N3CC(c4nccnc4N4CCCNCC4)C3)ccc2c1. The Morgan fingerprint density at radius 2 is 0.773 bits per heavy atom. The average Bonchev–Trinajstić information content (AvgIpc) is 1.11. The van der Waals surface area contributed by atoms with Crippen LogP contribution in [0.25, 0.3) is 32.7 Å². The van der Waals surface area contributed by atoms with Gasteiger partial charge in [-0.25, -0.2) is 44.3 Å². The van der Waals surface area contributed by atoms with Crippen LogP contribution in [0.15, 0.2) is 146 Å². The normalized spacial score (nSPS) is 17.1. The van der Waals surface area contributed by atoms with E-state index < -0.39 is 11.0 Å². The molecular weight excluding hydrogens is 1250 g/mol. The third-order valence-electron chi connectivity index (χ3n) is 18.1. The summed E-state index contributed by atoms with van der Waals surface area (Å²) in [5, 5.41) is 6.95. The zero-order valence-electron chi connectivity index (χ0n) is 55.9. The molecule has 6 aliphatic heterocycles. The maximum Gasteiger partial charge on any atom is 0.410 e. The van der Waals surface area contributed by atoms with Crippen molar-refractivity contribution in [3.05, 3.63) is 163 Å². The minimum absolute atomic E-state index is 0.244. The summed E-state index contributed by atoms with van der Waals surface area (Å²) in [4.78, 5) is 93.8. The minimum Gasteiger partial charge on any atom is -0.457 e. The highest BCUT2D eigenvalue weighted by molar-refractivity contribution is 6.61. The van der Waals surface area contributed by atoms with Gasteiger partial charge in [-0.3, -0.25) is 15.0 Å². The molecule has 9 aromatic rings. The standard InChI is InChI=1S/C26H32N6O2.C23H26N6O2.C21H24N6.C2H3ClO2/c1-26(2,3)34-25(33)31-14-6-13-30(15-16-31)24-23(27-11-12-28-24)20-17-32(18-20)22-10-9-19-7-4-5-8-21(19)29-22;1-31-23(30)28-12-4-11-27(13-14-28)22-21(24-9-10-25-22)18-15-29(16-18)20-8-7-17-5-2-3-6-19(17)26-20;1-2-5-18-16(4-1)6-7-19(25-18)27-14-17(15-27)20-21(24-10-9-23-20)26-12-3-8-22-11-13-26;1-5-2(3)4/h4-5,7-12,20H,6,13-18H2,1-3H3;2-3,5-10,18H,4,11-16H2,1H3;1-2,4-7,9-10,17,22H,3,8,11-15H2;1H3. The van der Waals surface area contributed by atoms with Gasteiger partial charge in [-0.2, -0.15) is 0 Å². The van der Waals surface area contributed by atoms with Gasteiger partial charge >= 0.3 is 17.6 Å². The van der Waals surface area contributed by atoms with Crippen LogP contribution in [0.5, 0.6) is 0 Å². The molecule has 0 radical (unpaired) electrons. The van der Waals surface area contributed by atoms with Gasteiger partial charge in [0.1, 0.15) is 23.1 Å². The average molecular weight is 1330 g/mol. The van der Waals surface area contributed by atoms with Gasteiger partial charge < -0.3 is 58.7 Å². The quantitative estimate of drug-likeness (QED) is 0.105. The zero-order chi connectivity index (χ0) is 67.3. The lowest BCUT2D eigenvalue weighted by atomic mass is 9.95. The molecule has 6 fully saturated rings. The van der Waals surface area contributed by atoms with E-state index in [9.17, 15) is 14.4 Å². The number of nitrogens with one attached hydrogen (secondary N) is 1. The van der Waals surface area contributed by atoms with E-state index in [1.807, 2.05) is 69.6 Å². The van der Waals surface area contributed by atoms with Crippen molar-refractivity contribution in [1.82, 2.24) is 60.0 Å². The number of carbonyl (C=O) groups excluding carboxylic acids is 3. The number of para-hydroxylation sites is 3. The van der Waals surface area contributed by atoms with Crippen LogP contribution in [-0.2, 0) is 14.2 Å². The monoisotopic (exact) mass is 1330 g/mol. The molecule has 0 spiro atoms. The van der Waals surface area contributed by atoms with Crippen LogP contribution < -0.4 is 34.7 Å². The first-order valence-electron chi connectivity index (χ1n) is 33.5. The molecule has 1 N–H and O–H groups in total. The number of carbonyl (C=O) groups is 3. The number of hydrogen-bond acceptors (Lipinski definition) is 22. The summed E-state index contributed by atoms with van der Waals surface area (Å²) in [5.41, 5.74) is 5.02. The second-order valence-electron chi connectivity index (χ2n) is 25.8. The van der Waals surface area contributed by atoms with Crippen LogP contribution in [0.4, 0.5) is 49.3 Å². The predicted molar refractivity (Wildman–Crippen MR) is 380 cm³/mol. The topological polar surface area (TPSA) is 233 Å². The summed E-state index contributed by atoms with van der Waals surface area (Å²) in [6.45, 7) is 21.0. The molecule has 15 rings (SSSR count). The van der Waals surface area contributed by atoms with E-state index >= 15 is 0 Å². The molecular formula is C72H85ClN18O6. The van der Waals surface area contributed by atoms with Crippen molar-refractivity contribution in [2.45, 2.75) is 63.4 Å². The largest absolute Gasteiger partial charge is 0.457 e. The van der Waals surface area contributed by atoms with Gasteiger partial charge in [0.15, 0.2) is 17.5 Å². The van der Waals surface area contributed by atoms with E-state index in [2.05, 4.69) is 134 Å². The molecule has 506 valence electrons. The van der Waals surface area contributed by atoms with Crippen LogP contribution in [-0.4, -0.2) is 210 Å². The summed E-state index contributed by atoms with van der Waals surface area (Å²) in [6, 6.07) is 37.4. The Balaban J connectivity index is 0.000000135. The van der Waals surface area contributed by atoms with Crippen LogP contribution in [0.2, 0.25) is 0 Å². The molecule has 24 nitrogen and oxygen atoms in total. The summed E-state index contributed by atoms with van der Waals surface area (Å²) in [6.07, 6.45) is 13.1. The van der Waals surface area contributed by atoms with Crippen molar-refractivity contribution in [3.63, 3.8) is 0 Å². The van der Waals surface area contributed by atoms with Crippen LogP contribution in [0.3, 0.4) is 0 Å². The Labute approximate surface area is 571 Å². The van der Waals surface area contributed by atoms with E-state index in [1.165, 1.54) is 19.6 Å². The number of amides is 2. The molecule has 6 aromatic heterocycles. The van der Waals surface area contributed by atoms with Crippen LogP contribution in [0, 0.1) is 0 Å². The van der Waals surface area contributed by atoms with Crippen molar-refractivity contribution >= 4 is 96.8 Å². The van der Waals surface area contributed by atoms with Gasteiger partial charge in [-0.15, -0.1) is 0 Å². The molecule has 0 bridgehead atoms. The molecule has 25 heteroatoms. The van der Waals surface area contributed by atoms with E-state index in [0.29, 0.717) is 50.5 Å². The number of ether oxygens (including phenoxy) is 3. The van der Waals surface area contributed by atoms with Gasteiger partial charge in [0.2, 0.25) is 0 Å². The van der Waals surface area contributed by atoms with E-state index in [1.54, 1.807) is 34.6 Å². The third-order valence-corrected chi connectivity index (χ3v) is 18.3. The maximum atomic E-state index is 12.5. The number of methoxy groups -OCH3 is 2. The fourth-order valence-corrected chi connectivity index (χ4v) is 13.0. The number of halogens is 1. The minimum atomic E-state index is -0.773. The summed E-state index contributed by atoms with van der Waals surface area (Å²) >= 11 is 4.60. The fraction of sp³-hybridized carbons (Fsp3) is 0.417. The lowest BCUT2D eigenvalue weighted by Gasteiger charge is -2.41. The fourth-order valence-electron chi connectivity index (χ4n) is 13.0. The molecule has 12 heterocycles. The molecule has 6 aliphatic rings. The number of nitrogens with zero attached hydrogens (tertiary/aromatic N) is 17.